The number of nitro benzene ring substituents is 1. The van der Waals surface area contributed by atoms with E-state index in [1.807, 2.05) is 6.07 Å². The summed E-state index contributed by atoms with van der Waals surface area (Å²) in [7, 11) is 1.39. The molecule has 1 saturated heterocycles. The summed E-state index contributed by atoms with van der Waals surface area (Å²) in [5.41, 5.74) is 7.08. The van der Waals surface area contributed by atoms with E-state index >= 15 is 0 Å². The Morgan fingerprint density at radius 3 is 2.54 bits per heavy atom. The second-order valence-electron chi connectivity index (χ2n) is 7.76. The van der Waals surface area contributed by atoms with E-state index in [1.165, 1.54) is 48.0 Å². The second kappa shape index (κ2) is 10.2. The number of benzene rings is 2. The number of rotatable bonds is 8. The highest BCUT2D eigenvalue weighted by atomic mass is 32.2. The highest BCUT2D eigenvalue weighted by Gasteiger charge is 2.55. The molecule has 182 valence electrons. The van der Waals surface area contributed by atoms with Gasteiger partial charge in [-0.1, -0.05) is 30.3 Å². The third-order valence-electron chi connectivity index (χ3n) is 5.63. The number of esters is 1. The molecule has 2 heterocycles. The predicted molar refractivity (Wildman–Crippen MR) is 125 cm³/mol. The average molecular weight is 499 g/mol. The number of nitro groups is 1. The Labute approximate surface area is 204 Å². The molecule has 2 aliphatic heterocycles. The normalized spacial score (nSPS) is 19.8. The second-order valence-corrected chi connectivity index (χ2v) is 8.87. The number of thioether (sulfide) groups is 1. The molecule has 0 aromatic heterocycles. The molecule has 2 aliphatic rings. The van der Waals surface area contributed by atoms with Crippen LogP contribution in [0, 0.1) is 10.1 Å². The number of hydrogen-bond donors (Lipinski definition) is 2. The number of ether oxygens (including phenoxy) is 2. The molecular formula is C23H22N4O7S. The van der Waals surface area contributed by atoms with Crippen molar-refractivity contribution in [2.45, 2.75) is 24.1 Å². The number of β-lactam (4-membered cyclic amide) rings is 1. The number of non-ortho nitro benzene ring substituents is 1. The van der Waals surface area contributed by atoms with Gasteiger partial charge in [-0.2, -0.15) is 0 Å². The van der Waals surface area contributed by atoms with Crippen LogP contribution in [0.3, 0.4) is 0 Å². The number of carbonyl (C=O) groups is 3. The summed E-state index contributed by atoms with van der Waals surface area (Å²) in [5.74, 6) is -1.18. The molecule has 2 unspecified atom stereocenters. The minimum atomic E-state index is -0.942. The Hall–Kier alpha value is -3.90. The van der Waals surface area contributed by atoms with Crippen LogP contribution in [0.1, 0.15) is 17.2 Å². The molecule has 2 aromatic rings. The lowest BCUT2D eigenvalue weighted by Gasteiger charge is -2.49. The Morgan fingerprint density at radius 1 is 1.23 bits per heavy atom. The molecule has 0 spiro atoms. The maximum absolute atomic E-state index is 12.9. The zero-order valence-electron chi connectivity index (χ0n) is 18.6. The number of methoxy groups -OCH3 is 1. The first kappa shape index (κ1) is 24.2. The van der Waals surface area contributed by atoms with E-state index in [9.17, 15) is 24.5 Å². The lowest BCUT2D eigenvalue weighted by Crippen LogP contribution is -2.71. The quantitative estimate of drug-likeness (QED) is 0.239. The fraction of sp³-hybridized carbons (Fsp3) is 0.261. The van der Waals surface area contributed by atoms with E-state index in [4.69, 9.17) is 15.2 Å². The van der Waals surface area contributed by atoms with Gasteiger partial charge in [0.25, 0.3) is 11.6 Å². The molecule has 0 aliphatic carbocycles. The monoisotopic (exact) mass is 498 g/mol. The molecule has 1 fully saturated rings. The van der Waals surface area contributed by atoms with Crippen molar-refractivity contribution in [1.29, 1.82) is 0 Å². The summed E-state index contributed by atoms with van der Waals surface area (Å²) >= 11 is 1.34. The first-order valence-corrected chi connectivity index (χ1v) is 11.6. The lowest BCUT2D eigenvalue weighted by atomic mass is 10.0. The first-order valence-electron chi connectivity index (χ1n) is 10.5. The zero-order valence-corrected chi connectivity index (χ0v) is 19.4. The van der Waals surface area contributed by atoms with Crippen LogP contribution in [0.4, 0.5) is 5.69 Å². The lowest BCUT2D eigenvalue weighted by molar-refractivity contribution is -0.384. The summed E-state index contributed by atoms with van der Waals surface area (Å²) in [5, 5.41) is 13.0. The van der Waals surface area contributed by atoms with E-state index in [0.29, 0.717) is 16.9 Å². The topological polar surface area (TPSA) is 154 Å². The third kappa shape index (κ3) is 4.84. The van der Waals surface area contributed by atoms with Crippen molar-refractivity contribution < 1.29 is 28.8 Å². The largest absolute Gasteiger partial charge is 0.498 e. The molecule has 12 heteroatoms. The van der Waals surface area contributed by atoms with Crippen molar-refractivity contribution in [2.75, 3.05) is 12.9 Å². The highest BCUT2D eigenvalue weighted by molar-refractivity contribution is 8.00. The maximum Gasteiger partial charge on any atom is 0.358 e. The first-order chi connectivity index (χ1) is 16.8. The van der Waals surface area contributed by atoms with Gasteiger partial charge in [0.15, 0.2) is 5.70 Å². The van der Waals surface area contributed by atoms with Gasteiger partial charge in [0, 0.05) is 12.1 Å². The van der Waals surface area contributed by atoms with Gasteiger partial charge in [-0.05, 0) is 23.3 Å². The van der Waals surface area contributed by atoms with Gasteiger partial charge in [-0.3, -0.25) is 24.6 Å². The van der Waals surface area contributed by atoms with Crippen LogP contribution in [0.15, 0.2) is 66.1 Å². The molecule has 0 bridgehead atoms. The molecule has 3 N–H and O–H groups in total. The van der Waals surface area contributed by atoms with Gasteiger partial charge >= 0.3 is 5.97 Å². The average Bonchev–Trinajstić information content (AvgIpc) is 2.89. The minimum Gasteiger partial charge on any atom is -0.498 e. The van der Waals surface area contributed by atoms with Crippen LogP contribution in [0.5, 0.6) is 0 Å². The van der Waals surface area contributed by atoms with Gasteiger partial charge < -0.3 is 20.5 Å². The SMILES string of the molecule is COC1=C(C(=O)OCc2ccc([N+](=O)[O-])cc2)N2C(=O)C(NC(=O)C(N)c3ccccc3)[C@@H]2SC1. The number of fused-ring (bicyclic) bond motifs is 1. The van der Waals surface area contributed by atoms with Crippen molar-refractivity contribution >= 4 is 35.2 Å². The van der Waals surface area contributed by atoms with E-state index < -0.39 is 40.2 Å². The molecule has 0 saturated carbocycles. The number of carbonyl (C=O) groups excluding carboxylic acids is 3. The van der Waals surface area contributed by atoms with Gasteiger partial charge in [0.1, 0.15) is 29.8 Å². The predicted octanol–water partition coefficient (Wildman–Crippen LogP) is 1.60. The fourth-order valence-electron chi connectivity index (χ4n) is 3.72. The van der Waals surface area contributed by atoms with Crippen molar-refractivity contribution in [2.24, 2.45) is 5.73 Å². The zero-order chi connectivity index (χ0) is 25.1. The van der Waals surface area contributed by atoms with Crippen molar-refractivity contribution in [3.05, 3.63) is 87.3 Å². The van der Waals surface area contributed by atoms with E-state index in [-0.39, 0.29) is 23.8 Å². The van der Waals surface area contributed by atoms with Gasteiger partial charge in [0.2, 0.25) is 5.91 Å². The molecule has 11 nitrogen and oxygen atoms in total. The van der Waals surface area contributed by atoms with Crippen LogP contribution in [0.25, 0.3) is 0 Å². The fourth-order valence-corrected chi connectivity index (χ4v) is 5.03. The summed E-state index contributed by atoms with van der Waals surface area (Å²) in [6.45, 7) is -0.150. The van der Waals surface area contributed by atoms with Crippen LogP contribution in [0.2, 0.25) is 0 Å². The molecule has 2 amide bonds. The van der Waals surface area contributed by atoms with Crippen LogP contribution < -0.4 is 11.1 Å². The number of amides is 2. The summed E-state index contributed by atoms with van der Waals surface area (Å²) in [6.07, 6.45) is 0. The molecule has 3 atom stereocenters. The van der Waals surface area contributed by atoms with Crippen LogP contribution in [-0.4, -0.2) is 51.9 Å². The van der Waals surface area contributed by atoms with Crippen LogP contribution >= 0.6 is 11.8 Å². The minimum absolute atomic E-state index is 0.0268. The summed E-state index contributed by atoms with van der Waals surface area (Å²) in [4.78, 5) is 50.0. The maximum atomic E-state index is 12.9. The Balaban J connectivity index is 1.43. The van der Waals surface area contributed by atoms with Gasteiger partial charge in [-0.15, -0.1) is 11.8 Å². The standard InChI is InChI=1S/C23H22N4O7S/c1-33-16-12-35-22-18(25-20(28)17(24)14-5-3-2-4-6-14)21(29)26(22)19(16)23(30)34-11-13-7-9-15(10-8-13)27(31)32/h2-10,17-18,22H,11-12,24H2,1H3,(H,25,28)/t17?,18?,22-/m0/s1. The van der Waals surface area contributed by atoms with Gasteiger partial charge in [0.05, 0.1) is 17.8 Å². The number of nitrogens with one attached hydrogen (secondary N) is 1. The number of nitrogens with zero attached hydrogens (tertiary/aromatic N) is 2. The van der Waals surface area contributed by atoms with E-state index in [2.05, 4.69) is 5.32 Å². The van der Waals surface area contributed by atoms with Crippen molar-refractivity contribution in [3.63, 3.8) is 0 Å². The Morgan fingerprint density at radius 2 is 1.91 bits per heavy atom. The molecule has 35 heavy (non-hydrogen) atoms. The number of hydrogen-bond acceptors (Lipinski definition) is 9. The van der Waals surface area contributed by atoms with Crippen molar-refractivity contribution in [3.8, 4) is 0 Å². The summed E-state index contributed by atoms with van der Waals surface area (Å²) < 4.78 is 10.7. The molecule has 4 rings (SSSR count). The smallest absolute Gasteiger partial charge is 0.358 e. The third-order valence-corrected chi connectivity index (χ3v) is 6.88. The summed E-state index contributed by atoms with van der Waals surface area (Å²) in [6, 6.07) is 12.6. The highest BCUT2D eigenvalue weighted by Crippen LogP contribution is 2.41. The molecular weight excluding hydrogens is 476 g/mol. The van der Waals surface area contributed by atoms with Crippen molar-refractivity contribution in [1.82, 2.24) is 10.2 Å². The van der Waals surface area contributed by atoms with E-state index in [0.717, 1.165) is 0 Å². The Kier molecular flexibility index (Phi) is 7.03. The van der Waals surface area contributed by atoms with E-state index in [1.54, 1.807) is 24.3 Å². The Bertz CT molecular complexity index is 1190. The van der Waals surface area contributed by atoms with Crippen LogP contribution in [-0.2, 0) is 30.5 Å². The molecule has 2 aromatic carbocycles. The van der Waals surface area contributed by atoms with Gasteiger partial charge in [-0.25, -0.2) is 4.79 Å². The molecule has 0 radical (unpaired) electrons. The number of nitrogens with two attached hydrogens (primary N) is 1.